The van der Waals surface area contributed by atoms with Crippen molar-refractivity contribution in [3.63, 3.8) is 0 Å². The van der Waals surface area contributed by atoms with Gasteiger partial charge in [0.15, 0.2) is 21.6 Å². The standard InChI is InChI=1S/C31H27N5O5S2/c1-17-8-10-19(11-9-17)16-42-31-34-33-30(43-31)36-26(20-12-13-21(40-3)22(15-20)41-4)24(28(38)29(36)39)27(37)25-18(2)32-23-7-5-6-14-35(23)25/h5-15,26,37H,16H2,1-4H3/b27-24+. The van der Waals surface area contributed by atoms with Gasteiger partial charge < -0.3 is 14.6 Å². The van der Waals surface area contributed by atoms with Gasteiger partial charge in [0.1, 0.15) is 11.3 Å². The van der Waals surface area contributed by atoms with Crippen LogP contribution in [0.3, 0.4) is 0 Å². The number of rotatable bonds is 8. The van der Waals surface area contributed by atoms with Crippen LogP contribution in [0.2, 0.25) is 0 Å². The van der Waals surface area contributed by atoms with Crippen LogP contribution in [0.1, 0.15) is 34.1 Å². The van der Waals surface area contributed by atoms with E-state index in [0.29, 0.717) is 44.2 Å². The van der Waals surface area contributed by atoms with Gasteiger partial charge in [0, 0.05) is 11.9 Å². The number of Topliss-reactive ketones (excluding diaryl/α,β-unsaturated/α-hetero) is 1. The zero-order chi connectivity index (χ0) is 30.2. The molecule has 2 aromatic carbocycles. The fraction of sp³-hybridized carbons (Fsp3) is 0.194. The lowest BCUT2D eigenvalue weighted by molar-refractivity contribution is -0.132. The predicted octanol–water partition coefficient (Wildman–Crippen LogP) is 5.74. The number of imidazole rings is 1. The molecule has 218 valence electrons. The molecule has 1 unspecified atom stereocenters. The third kappa shape index (κ3) is 5.12. The minimum Gasteiger partial charge on any atom is -0.505 e. The third-order valence-corrected chi connectivity index (χ3v) is 9.31. The number of ether oxygens (including phenoxy) is 2. The van der Waals surface area contributed by atoms with E-state index >= 15 is 0 Å². The second kappa shape index (κ2) is 11.5. The normalized spacial score (nSPS) is 16.3. The Morgan fingerprint density at radius 1 is 1.00 bits per heavy atom. The van der Waals surface area contributed by atoms with E-state index in [1.165, 1.54) is 47.8 Å². The van der Waals surface area contributed by atoms with Crippen molar-refractivity contribution in [1.82, 2.24) is 19.6 Å². The number of nitrogens with zero attached hydrogens (tertiary/aromatic N) is 5. The maximum Gasteiger partial charge on any atom is 0.301 e. The molecule has 43 heavy (non-hydrogen) atoms. The van der Waals surface area contributed by atoms with Crippen LogP contribution >= 0.6 is 23.1 Å². The molecule has 3 aromatic heterocycles. The van der Waals surface area contributed by atoms with Crippen LogP contribution in [0, 0.1) is 13.8 Å². The molecule has 12 heteroatoms. The number of benzene rings is 2. The summed E-state index contributed by atoms with van der Waals surface area (Å²) in [6.45, 7) is 3.78. The van der Waals surface area contributed by atoms with Crippen LogP contribution in [0.25, 0.3) is 11.4 Å². The summed E-state index contributed by atoms with van der Waals surface area (Å²) in [6, 6.07) is 17.7. The van der Waals surface area contributed by atoms with Gasteiger partial charge in [0.2, 0.25) is 5.13 Å². The Morgan fingerprint density at radius 2 is 1.77 bits per heavy atom. The van der Waals surface area contributed by atoms with Gasteiger partial charge in [-0.05, 0) is 49.2 Å². The van der Waals surface area contributed by atoms with Gasteiger partial charge in [-0.1, -0.05) is 65.1 Å². The third-order valence-electron chi connectivity index (χ3n) is 7.18. The molecule has 1 N–H and O–H groups in total. The van der Waals surface area contributed by atoms with Crippen LogP contribution in [0.15, 0.2) is 76.8 Å². The molecule has 4 heterocycles. The molecule has 0 spiro atoms. The summed E-state index contributed by atoms with van der Waals surface area (Å²) in [5, 5.41) is 20.6. The second-order valence-corrected chi connectivity index (χ2v) is 12.1. The summed E-state index contributed by atoms with van der Waals surface area (Å²) in [6.07, 6.45) is 1.74. The predicted molar refractivity (Wildman–Crippen MR) is 165 cm³/mol. The first-order valence-corrected chi connectivity index (χ1v) is 15.1. The number of fused-ring (bicyclic) bond motifs is 1. The monoisotopic (exact) mass is 613 g/mol. The Kier molecular flexibility index (Phi) is 7.63. The zero-order valence-corrected chi connectivity index (χ0v) is 25.4. The van der Waals surface area contributed by atoms with E-state index in [2.05, 4.69) is 39.4 Å². The summed E-state index contributed by atoms with van der Waals surface area (Å²) >= 11 is 2.70. The van der Waals surface area contributed by atoms with Gasteiger partial charge in [0.05, 0.1) is 31.5 Å². The minimum absolute atomic E-state index is 0.0879. The molecule has 5 aromatic rings. The van der Waals surface area contributed by atoms with Crippen LogP contribution in [-0.2, 0) is 15.3 Å². The number of carbonyl (C=O) groups excluding carboxylic acids is 2. The average Bonchev–Trinajstić information content (AvgIpc) is 3.69. The van der Waals surface area contributed by atoms with E-state index in [1.807, 2.05) is 13.0 Å². The first-order valence-electron chi connectivity index (χ1n) is 13.3. The Balaban J connectivity index is 1.46. The zero-order valence-electron chi connectivity index (χ0n) is 23.8. The summed E-state index contributed by atoms with van der Waals surface area (Å²) in [4.78, 5) is 33.3. The van der Waals surface area contributed by atoms with Crippen molar-refractivity contribution in [2.24, 2.45) is 0 Å². The molecule has 1 fully saturated rings. The summed E-state index contributed by atoms with van der Waals surface area (Å²) in [5.74, 6) is -0.448. The number of hydrogen-bond acceptors (Lipinski definition) is 10. The average molecular weight is 614 g/mol. The number of anilines is 1. The van der Waals surface area contributed by atoms with Gasteiger partial charge >= 0.3 is 5.91 Å². The number of pyridine rings is 1. The second-order valence-electron chi connectivity index (χ2n) is 9.88. The lowest BCUT2D eigenvalue weighted by Gasteiger charge is -2.23. The molecular weight excluding hydrogens is 587 g/mol. The highest BCUT2D eigenvalue weighted by molar-refractivity contribution is 8.00. The number of aromatic nitrogens is 4. The molecule has 0 saturated carbocycles. The first kappa shape index (κ1) is 28.4. The molecule has 1 amide bonds. The van der Waals surface area contributed by atoms with E-state index in [0.717, 1.165) is 5.56 Å². The molecule has 6 rings (SSSR count). The summed E-state index contributed by atoms with van der Waals surface area (Å²) in [7, 11) is 3.02. The number of aliphatic hydroxyl groups excluding tert-OH is 1. The molecule has 1 atom stereocenters. The molecule has 10 nitrogen and oxygen atoms in total. The number of carbonyl (C=O) groups is 2. The maximum atomic E-state index is 13.7. The highest BCUT2D eigenvalue weighted by atomic mass is 32.2. The number of ketones is 1. The van der Waals surface area contributed by atoms with Crippen molar-refractivity contribution >= 4 is 51.3 Å². The maximum absolute atomic E-state index is 13.7. The molecule has 0 radical (unpaired) electrons. The Bertz CT molecular complexity index is 1900. The summed E-state index contributed by atoms with van der Waals surface area (Å²) in [5.41, 5.74) is 4.16. The first-order chi connectivity index (χ1) is 20.8. The van der Waals surface area contributed by atoms with Crippen LogP contribution < -0.4 is 14.4 Å². The molecular formula is C31H27N5O5S2. The van der Waals surface area contributed by atoms with Gasteiger partial charge in [-0.25, -0.2) is 4.98 Å². The SMILES string of the molecule is COc1ccc(C2/C(=C(\O)c3c(C)nc4ccccn34)C(=O)C(=O)N2c2nnc(SCc3ccc(C)cc3)s2)cc1OC. The van der Waals surface area contributed by atoms with Crippen molar-refractivity contribution in [2.45, 2.75) is 30.0 Å². The summed E-state index contributed by atoms with van der Waals surface area (Å²) < 4.78 is 13.3. The molecule has 0 bridgehead atoms. The number of methoxy groups -OCH3 is 2. The fourth-order valence-electron chi connectivity index (χ4n) is 5.08. The Hall–Kier alpha value is -4.68. The van der Waals surface area contributed by atoms with Gasteiger partial charge in [-0.15, -0.1) is 10.2 Å². The highest BCUT2D eigenvalue weighted by Crippen LogP contribution is 2.46. The van der Waals surface area contributed by atoms with Crippen molar-refractivity contribution in [2.75, 3.05) is 19.1 Å². The number of amides is 1. The number of hydrogen-bond donors (Lipinski definition) is 1. The van der Waals surface area contributed by atoms with Crippen LogP contribution in [0.5, 0.6) is 11.5 Å². The van der Waals surface area contributed by atoms with Gasteiger partial charge in [-0.3, -0.25) is 18.9 Å². The number of aryl methyl sites for hydroxylation is 2. The number of thioether (sulfide) groups is 1. The van der Waals surface area contributed by atoms with Crippen molar-refractivity contribution < 1.29 is 24.2 Å². The smallest absolute Gasteiger partial charge is 0.301 e. The topological polar surface area (TPSA) is 119 Å². The lowest BCUT2D eigenvalue weighted by atomic mass is 9.96. The molecule has 1 aliphatic heterocycles. The van der Waals surface area contributed by atoms with Crippen molar-refractivity contribution in [1.29, 1.82) is 0 Å². The number of aliphatic hydroxyl groups is 1. The van der Waals surface area contributed by atoms with Crippen LogP contribution in [0.4, 0.5) is 5.13 Å². The van der Waals surface area contributed by atoms with Gasteiger partial charge in [-0.2, -0.15) is 0 Å². The van der Waals surface area contributed by atoms with E-state index in [4.69, 9.17) is 9.47 Å². The minimum atomic E-state index is -1.02. The van der Waals surface area contributed by atoms with Gasteiger partial charge in [0.25, 0.3) is 5.78 Å². The van der Waals surface area contributed by atoms with Crippen LogP contribution in [-0.4, -0.2) is 50.6 Å². The molecule has 0 aliphatic carbocycles. The molecule has 1 saturated heterocycles. The molecule has 1 aliphatic rings. The highest BCUT2D eigenvalue weighted by Gasteiger charge is 2.49. The van der Waals surface area contributed by atoms with E-state index in [-0.39, 0.29) is 16.5 Å². The fourth-order valence-corrected chi connectivity index (χ4v) is 6.91. The van der Waals surface area contributed by atoms with E-state index in [1.54, 1.807) is 47.9 Å². The quantitative estimate of drug-likeness (QED) is 0.0768. The Labute approximate surface area is 255 Å². The van der Waals surface area contributed by atoms with Crippen molar-refractivity contribution in [3.05, 3.63) is 101 Å². The van der Waals surface area contributed by atoms with E-state index < -0.39 is 17.7 Å². The largest absolute Gasteiger partial charge is 0.505 e. The van der Waals surface area contributed by atoms with Crippen molar-refractivity contribution in [3.8, 4) is 11.5 Å². The Morgan fingerprint density at radius 3 is 2.51 bits per heavy atom. The van der Waals surface area contributed by atoms with E-state index in [9.17, 15) is 14.7 Å². The lowest BCUT2D eigenvalue weighted by Crippen LogP contribution is -2.29.